The molecule has 1 aromatic rings. The van der Waals surface area contributed by atoms with Gasteiger partial charge in [-0.15, -0.1) is 0 Å². The lowest BCUT2D eigenvalue weighted by atomic mass is 10.2. The van der Waals surface area contributed by atoms with E-state index in [0.717, 1.165) is 19.6 Å². The number of hydrogen-bond acceptors (Lipinski definition) is 5. The summed E-state index contributed by atoms with van der Waals surface area (Å²) in [6.07, 6.45) is 1.60. The smallest absolute Gasteiger partial charge is 0.322 e. The molecule has 1 aliphatic rings. The second kappa shape index (κ2) is 7.95. The molecule has 7 heteroatoms. The first kappa shape index (κ1) is 16.5. The third-order valence-electron chi connectivity index (χ3n) is 3.62. The maximum atomic E-state index is 12.3. The SMILES string of the molecule is COCCOc1ccc(NC(=O)N2CCN(C)CC2C)cn1. The molecule has 0 aliphatic carbocycles. The number of methoxy groups -OCH3 is 1. The summed E-state index contributed by atoms with van der Waals surface area (Å²) in [5.41, 5.74) is 0.662. The van der Waals surface area contributed by atoms with Gasteiger partial charge in [0.25, 0.3) is 0 Å². The fourth-order valence-electron chi connectivity index (χ4n) is 2.41. The molecule has 2 amide bonds. The molecular weight excluding hydrogens is 284 g/mol. The number of anilines is 1. The van der Waals surface area contributed by atoms with Crippen molar-refractivity contribution in [3.05, 3.63) is 18.3 Å². The van der Waals surface area contributed by atoms with E-state index in [1.165, 1.54) is 0 Å². The van der Waals surface area contributed by atoms with E-state index in [4.69, 9.17) is 9.47 Å². The lowest BCUT2D eigenvalue weighted by Gasteiger charge is -2.38. The van der Waals surface area contributed by atoms with Crippen LogP contribution in [0.5, 0.6) is 5.88 Å². The number of rotatable bonds is 5. The Morgan fingerprint density at radius 3 is 2.86 bits per heavy atom. The average molecular weight is 308 g/mol. The van der Waals surface area contributed by atoms with Gasteiger partial charge < -0.3 is 24.6 Å². The average Bonchev–Trinajstić information content (AvgIpc) is 2.49. The molecule has 122 valence electrons. The van der Waals surface area contributed by atoms with Crippen LogP contribution < -0.4 is 10.1 Å². The van der Waals surface area contributed by atoms with Crippen LogP contribution >= 0.6 is 0 Å². The molecule has 7 nitrogen and oxygen atoms in total. The maximum absolute atomic E-state index is 12.3. The summed E-state index contributed by atoms with van der Waals surface area (Å²) in [4.78, 5) is 20.5. The molecule has 1 fully saturated rings. The maximum Gasteiger partial charge on any atom is 0.322 e. The molecule has 1 aromatic heterocycles. The van der Waals surface area contributed by atoms with Crippen molar-refractivity contribution in [1.82, 2.24) is 14.8 Å². The quantitative estimate of drug-likeness (QED) is 0.830. The molecule has 2 heterocycles. The molecule has 1 atom stereocenters. The molecule has 1 aliphatic heterocycles. The van der Waals surface area contributed by atoms with E-state index in [2.05, 4.69) is 29.2 Å². The molecule has 0 saturated carbocycles. The summed E-state index contributed by atoms with van der Waals surface area (Å²) >= 11 is 0. The molecule has 1 unspecified atom stereocenters. The Bertz CT molecular complexity index is 480. The van der Waals surface area contributed by atoms with Crippen molar-refractivity contribution in [1.29, 1.82) is 0 Å². The summed E-state index contributed by atoms with van der Waals surface area (Å²) in [6, 6.07) is 3.63. The summed E-state index contributed by atoms with van der Waals surface area (Å²) < 4.78 is 10.3. The van der Waals surface area contributed by atoms with E-state index in [-0.39, 0.29) is 12.1 Å². The fraction of sp³-hybridized carbons (Fsp3) is 0.600. The van der Waals surface area contributed by atoms with Gasteiger partial charge in [-0.25, -0.2) is 9.78 Å². The Labute approximate surface area is 131 Å². The van der Waals surface area contributed by atoms with Gasteiger partial charge in [0.2, 0.25) is 5.88 Å². The Morgan fingerprint density at radius 2 is 2.23 bits per heavy atom. The lowest BCUT2D eigenvalue weighted by Crippen LogP contribution is -2.53. The van der Waals surface area contributed by atoms with Crippen LogP contribution in [-0.2, 0) is 4.74 Å². The summed E-state index contributed by atoms with van der Waals surface area (Å²) in [5.74, 6) is 0.517. The Morgan fingerprint density at radius 1 is 1.41 bits per heavy atom. The highest BCUT2D eigenvalue weighted by Gasteiger charge is 2.25. The van der Waals surface area contributed by atoms with E-state index >= 15 is 0 Å². The molecule has 1 saturated heterocycles. The third kappa shape index (κ3) is 4.57. The molecule has 0 spiro atoms. The van der Waals surface area contributed by atoms with Gasteiger partial charge in [-0.2, -0.15) is 0 Å². The minimum Gasteiger partial charge on any atom is -0.475 e. The van der Waals surface area contributed by atoms with Gasteiger partial charge in [0, 0.05) is 38.9 Å². The third-order valence-corrected chi connectivity index (χ3v) is 3.62. The minimum atomic E-state index is -0.0875. The van der Waals surface area contributed by atoms with Crippen molar-refractivity contribution in [3.63, 3.8) is 0 Å². The molecule has 1 N–H and O–H groups in total. The number of carbonyl (C=O) groups is 1. The number of pyridine rings is 1. The molecule has 0 aromatic carbocycles. The Kier molecular flexibility index (Phi) is 5.97. The van der Waals surface area contributed by atoms with Crippen molar-refractivity contribution in [3.8, 4) is 5.88 Å². The zero-order chi connectivity index (χ0) is 15.9. The number of nitrogens with zero attached hydrogens (tertiary/aromatic N) is 3. The number of ether oxygens (including phenoxy) is 2. The predicted octanol–water partition coefficient (Wildman–Crippen LogP) is 1.27. The molecule has 0 radical (unpaired) electrons. The van der Waals surface area contributed by atoms with Crippen molar-refractivity contribution >= 4 is 11.7 Å². The monoisotopic (exact) mass is 308 g/mol. The highest BCUT2D eigenvalue weighted by Crippen LogP contribution is 2.14. The highest BCUT2D eigenvalue weighted by molar-refractivity contribution is 5.89. The summed E-state index contributed by atoms with van der Waals surface area (Å²) in [7, 11) is 3.69. The van der Waals surface area contributed by atoms with Crippen LogP contribution in [0.15, 0.2) is 18.3 Å². The van der Waals surface area contributed by atoms with E-state index in [1.807, 2.05) is 4.90 Å². The molecule has 0 bridgehead atoms. The van der Waals surface area contributed by atoms with Gasteiger partial charge in [0.15, 0.2) is 0 Å². The van der Waals surface area contributed by atoms with Crippen LogP contribution in [0, 0.1) is 0 Å². The van der Waals surface area contributed by atoms with Crippen LogP contribution in [0.1, 0.15) is 6.92 Å². The molecular formula is C15H24N4O3. The first-order valence-electron chi connectivity index (χ1n) is 7.44. The number of amides is 2. The topological polar surface area (TPSA) is 66.9 Å². The number of nitrogens with one attached hydrogen (secondary N) is 1. The second-order valence-electron chi connectivity index (χ2n) is 5.46. The number of likely N-dealkylation sites (N-methyl/N-ethyl adjacent to an activating group) is 1. The van der Waals surface area contributed by atoms with E-state index in [0.29, 0.717) is 24.8 Å². The fourth-order valence-corrected chi connectivity index (χ4v) is 2.41. The predicted molar refractivity (Wildman–Crippen MR) is 84.3 cm³/mol. The van der Waals surface area contributed by atoms with E-state index in [1.54, 1.807) is 25.4 Å². The number of urea groups is 1. The van der Waals surface area contributed by atoms with Gasteiger partial charge >= 0.3 is 6.03 Å². The Balaban J connectivity index is 1.86. The highest BCUT2D eigenvalue weighted by atomic mass is 16.5. The number of hydrogen-bond donors (Lipinski definition) is 1. The summed E-state index contributed by atoms with van der Waals surface area (Å²) in [5, 5.41) is 2.88. The number of aromatic nitrogens is 1. The van der Waals surface area contributed by atoms with Crippen molar-refractivity contribution in [2.45, 2.75) is 13.0 Å². The first-order chi connectivity index (χ1) is 10.6. The van der Waals surface area contributed by atoms with Gasteiger partial charge in [0.1, 0.15) is 6.61 Å². The van der Waals surface area contributed by atoms with Crippen LogP contribution in [-0.4, -0.2) is 73.9 Å². The van der Waals surface area contributed by atoms with Crippen LogP contribution in [0.4, 0.5) is 10.5 Å². The van der Waals surface area contributed by atoms with E-state index in [9.17, 15) is 4.79 Å². The second-order valence-corrected chi connectivity index (χ2v) is 5.46. The Hall–Kier alpha value is -1.86. The largest absolute Gasteiger partial charge is 0.475 e. The van der Waals surface area contributed by atoms with Gasteiger partial charge in [-0.3, -0.25) is 0 Å². The zero-order valence-electron chi connectivity index (χ0n) is 13.4. The van der Waals surface area contributed by atoms with Crippen molar-refractivity contribution in [2.24, 2.45) is 0 Å². The summed E-state index contributed by atoms with van der Waals surface area (Å²) in [6.45, 7) is 5.53. The van der Waals surface area contributed by atoms with Crippen LogP contribution in [0.3, 0.4) is 0 Å². The van der Waals surface area contributed by atoms with Crippen molar-refractivity contribution in [2.75, 3.05) is 52.3 Å². The molecule has 2 rings (SSSR count). The van der Waals surface area contributed by atoms with Crippen LogP contribution in [0.25, 0.3) is 0 Å². The number of piperazine rings is 1. The zero-order valence-corrected chi connectivity index (χ0v) is 13.4. The van der Waals surface area contributed by atoms with Crippen molar-refractivity contribution < 1.29 is 14.3 Å². The van der Waals surface area contributed by atoms with Gasteiger partial charge in [-0.1, -0.05) is 0 Å². The normalized spacial score (nSPS) is 19.0. The van der Waals surface area contributed by atoms with Gasteiger partial charge in [0.05, 0.1) is 18.5 Å². The van der Waals surface area contributed by atoms with Crippen LogP contribution in [0.2, 0.25) is 0 Å². The minimum absolute atomic E-state index is 0.0875. The van der Waals surface area contributed by atoms with Gasteiger partial charge in [-0.05, 0) is 20.0 Å². The van der Waals surface area contributed by atoms with E-state index < -0.39 is 0 Å². The number of carbonyl (C=O) groups excluding carboxylic acids is 1. The molecule has 22 heavy (non-hydrogen) atoms. The standard InChI is InChI=1S/C15H24N4O3/c1-12-11-18(2)6-7-19(12)15(20)17-13-4-5-14(16-10-13)22-9-8-21-3/h4-5,10,12H,6-9,11H2,1-3H3,(H,17,20). The first-order valence-corrected chi connectivity index (χ1v) is 7.44. The lowest BCUT2D eigenvalue weighted by molar-refractivity contribution is 0.125.